The van der Waals surface area contributed by atoms with Crippen molar-refractivity contribution in [3.63, 3.8) is 0 Å². The van der Waals surface area contributed by atoms with E-state index < -0.39 is 109 Å². The molecule has 0 saturated carbocycles. The monoisotopic (exact) mass is 624 g/mol. The van der Waals surface area contributed by atoms with Crippen LogP contribution in [0.2, 0.25) is 50.4 Å². The maximum absolute atomic E-state index is 13.0. The predicted octanol–water partition coefficient (Wildman–Crippen LogP) is 8.16. The van der Waals surface area contributed by atoms with E-state index in [0.717, 1.165) is 26.2 Å². The first-order valence-corrected chi connectivity index (χ1v) is 20.8. The van der Waals surface area contributed by atoms with E-state index in [1.807, 2.05) is 0 Å². The maximum Gasteiger partial charge on any atom is 0.389 e. The van der Waals surface area contributed by atoms with Gasteiger partial charge in [-0.25, -0.2) is 0 Å². The van der Waals surface area contributed by atoms with Crippen LogP contribution in [0.1, 0.15) is 25.7 Å². The fourth-order valence-corrected chi connectivity index (χ4v) is 26.8. The van der Waals surface area contributed by atoms with E-state index in [9.17, 15) is 52.7 Å². The summed E-state index contributed by atoms with van der Waals surface area (Å²) in [5.74, 6) is 0. The molecule has 0 radical (unpaired) electrons. The molecule has 0 atom stereocenters. The Morgan fingerprint density at radius 3 is 0.611 bits per heavy atom. The van der Waals surface area contributed by atoms with E-state index in [2.05, 4.69) is 0 Å². The van der Waals surface area contributed by atoms with E-state index in [4.69, 9.17) is 16.5 Å². The fourth-order valence-electron chi connectivity index (χ4n) is 3.79. The van der Waals surface area contributed by atoms with Crippen molar-refractivity contribution in [2.75, 3.05) is 0 Å². The van der Waals surface area contributed by atoms with Gasteiger partial charge in [0.25, 0.3) is 0 Å². The van der Waals surface area contributed by atoms with Gasteiger partial charge in [-0.05, 0) is 50.4 Å². The molecule has 4 nitrogen and oxygen atoms in total. The van der Waals surface area contributed by atoms with Crippen molar-refractivity contribution in [2.45, 2.75) is 101 Å². The van der Waals surface area contributed by atoms with E-state index in [-0.39, 0.29) is 0 Å². The van der Waals surface area contributed by atoms with E-state index in [1.54, 1.807) is 0 Å². The lowest BCUT2D eigenvalue weighted by atomic mass is 10.5. The van der Waals surface area contributed by atoms with Gasteiger partial charge in [0.05, 0.1) is 0 Å². The third kappa shape index (κ3) is 13.6. The summed E-state index contributed by atoms with van der Waals surface area (Å²) in [5, 5.41) is 0. The summed E-state index contributed by atoms with van der Waals surface area (Å²) < 4.78 is 179. The Hall–Kier alpha value is -0.132. The van der Waals surface area contributed by atoms with Gasteiger partial charge in [-0.1, -0.05) is 0 Å². The zero-order chi connectivity index (χ0) is 28.5. The molecular formula is C16H28F12O4Si4. The van der Waals surface area contributed by atoms with Gasteiger partial charge in [0.15, 0.2) is 0 Å². The van der Waals surface area contributed by atoms with Crippen LogP contribution in [0.25, 0.3) is 0 Å². The molecule has 216 valence electrons. The second-order valence-electron chi connectivity index (χ2n) is 9.40. The molecule has 0 unspecified atom stereocenters. The summed E-state index contributed by atoms with van der Waals surface area (Å²) in [6.07, 6.45) is -24.9. The molecule has 0 aromatic carbocycles. The molecule has 36 heavy (non-hydrogen) atoms. The molecule has 0 aromatic rings. The summed E-state index contributed by atoms with van der Waals surface area (Å²) in [7, 11) is -16.8. The molecular weight excluding hydrogens is 596 g/mol. The summed E-state index contributed by atoms with van der Waals surface area (Å²) in [4.78, 5) is 0. The molecule has 0 aromatic heterocycles. The predicted molar refractivity (Wildman–Crippen MR) is 113 cm³/mol. The molecule has 1 rings (SSSR count). The maximum atomic E-state index is 13.0. The lowest BCUT2D eigenvalue weighted by molar-refractivity contribution is -0.132. The Morgan fingerprint density at radius 2 is 0.500 bits per heavy atom. The Balaban J connectivity index is 3.48. The molecule has 0 bridgehead atoms. The van der Waals surface area contributed by atoms with Crippen molar-refractivity contribution in [2.24, 2.45) is 0 Å². The normalized spacial score (nSPS) is 33.3. The Bertz CT molecular complexity index is 598. The van der Waals surface area contributed by atoms with Crippen molar-refractivity contribution >= 4 is 34.2 Å². The highest BCUT2D eigenvalue weighted by Crippen LogP contribution is 2.42. The van der Waals surface area contributed by atoms with Gasteiger partial charge in [-0.3, -0.25) is 0 Å². The van der Waals surface area contributed by atoms with Crippen LogP contribution in [0, 0.1) is 0 Å². The Morgan fingerprint density at radius 1 is 0.361 bits per heavy atom. The van der Waals surface area contributed by atoms with Crippen LogP contribution in [-0.4, -0.2) is 58.9 Å². The Kier molecular flexibility index (Phi) is 10.5. The zero-order valence-corrected chi connectivity index (χ0v) is 23.8. The van der Waals surface area contributed by atoms with Crippen LogP contribution >= 0.6 is 0 Å². The lowest BCUT2D eigenvalue weighted by Crippen LogP contribution is -2.67. The van der Waals surface area contributed by atoms with Gasteiger partial charge in [0.2, 0.25) is 0 Å². The molecule has 1 aliphatic heterocycles. The summed E-state index contributed by atoms with van der Waals surface area (Å²) >= 11 is 0. The average Bonchev–Trinajstić information content (AvgIpc) is 2.59. The molecule has 0 spiro atoms. The van der Waals surface area contributed by atoms with Crippen molar-refractivity contribution < 1.29 is 69.1 Å². The van der Waals surface area contributed by atoms with Gasteiger partial charge >= 0.3 is 58.9 Å². The van der Waals surface area contributed by atoms with E-state index >= 15 is 0 Å². The molecule has 1 saturated heterocycles. The molecule has 1 fully saturated rings. The lowest BCUT2D eigenvalue weighted by Gasteiger charge is -2.50. The zero-order valence-electron chi connectivity index (χ0n) is 19.8. The molecule has 1 aliphatic rings. The number of rotatable bonds is 8. The number of hydrogen-bond acceptors (Lipinski definition) is 4. The smallest absolute Gasteiger partial charge is 0.389 e. The second-order valence-corrected chi connectivity index (χ2v) is 23.7. The second kappa shape index (κ2) is 11.2. The minimum atomic E-state index is -4.74. The molecule has 0 amide bonds. The molecule has 20 heteroatoms. The summed E-state index contributed by atoms with van der Waals surface area (Å²) in [6, 6.07) is -3.47. The first kappa shape index (κ1) is 33.9. The van der Waals surface area contributed by atoms with Crippen LogP contribution in [-0.2, 0) is 16.5 Å². The van der Waals surface area contributed by atoms with Crippen molar-refractivity contribution in [3.8, 4) is 0 Å². The summed E-state index contributed by atoms with van der Waals surface area (Å²) in [5.41, 5.74) is 0. The van der Waals surface area contributed by atoms with Crippen LogP contribution in [0.3, 0.4) is 0 Å². The van der Waals surface area contributed by atoms with Crippen LogP contribution in [0.5, 0.6) is 0 Å². The molecule has 0 N–H and O–H groups in total. The van der Waals surface area contributed by atoms with Gasteiger partial charge in [-0.15, -0.1) is 0 Å². The first-order valence-electron chi connectivity index (χ1n) is 10.7. The fraction of sp³-hybridized carbons (Fsp3) is 1.00. The van der Waals surface area contributed by atoms with Gasteiger partial charge < -0.3 is 16.5 Å². The Labute approximate surface area is 204 Å². The number of hydrogen-bond donors (Lipinski definition) is 0. The highest BCUT2D eigenvalue weighted by atomic mass is 28.5. The van der Waals surface area contributed by atoms with Crippen LogP contribution < -0.4 is 0 Å². The van der Waals surface area contributed by atoms with Gasteiger partial charge in [0, 0.05) is 25.7 Å². The molecule has 0 aliphatic carbocycles. The summed E-state index contributed by atoms with van der Waals surface area (Å²) in [6.45, 7) is 4.29. The van der Waals surface area contributed by atoms with Crippen molar-refractivity contribution in [3.05, 3.63) is 0 Å². The van der Waals surface area contributed by atoms with Crippen LogP contribution in [0.15, 0.2) is 0 Å². The van der Waals surface area contributed by atoms with E-state index in [1.165, 1.54) is 0 Å². The third-order valence-electron chi connectivity index (χ3n) is 5.18. The minimum absolute atomic E-state index is 0.868. The van der Waals surface area contributed by atoms with Gasteiger partial charge in [0.1, 0.15) is 0 Å². The van der Waals surface area contributed by atoms with Crippen molar-refractivity contribution in [1.29, 1.82) is 0 Å². The number of alkyl halides is 12. The van der Waals surface area contributed by atoms with Crippen molar-refractivity contribution in [1.82, 2.24) is 0 Å². The highest BCUT2D eigenvalue weighted by Gasteiger charge is 2.58. The highest BCUT2D eigenvalue weighted by molar-refractivity contribution is 6.93. The third-order valence-corrected chi connectivity index (χ3v) is 23.6. The SMILES string of the molecule is C[Si]1(CCC(F)(F)F)O[Si](C)(CCC(F)(F)F)O[Si](C)(CCC(F)(F)F)O[Si](C)(CCC(F)(F)F)O1. The quantitative estimate of drug-likeness (QED) is 0.202. The minimum Gasteiger partial charge on any atom is -0.416 e. The number of halogens is 12. The topological polar surface area (TPSA) is 36.9 Å². The largest absolute Gasteiger partial charge is 0.416 e. The first-order chi connectivity index (χ1) is 15.7. The van der Waals surface area contributed by atoms with Crippen LogP contribution in [0.4, 0.5) is 52.7 Å². The van der Waals surface area contributed by atoms with E-state index in [0.29, 0.717) is 0 Å². The van der Waals surface area contributed by atoms with Gasteiger partial charge in [-0.2, -0.15) is 52.7 Å². The molecule has 1 heterocycles. The average molecular weight is 625 g/mol. The standard InChI is InChI=1S/C16H28F12O4Si4/c1-33(9-5-13(17,18)19)29-34(2,10-6-14(20,21)22)31-36(4,12-8-16(26,27)28)32-35(3,30-33)11-7-15(23,24)25/h5-12H2,1-4H3.